The van der Waals surface area contributed by atoms with Crippen molar-refractivity contribution in [2.45, 2.75) is 0 Å². The van der Waals surface area contributed by atoms with E-state index in [1.165, 1.54) is 6.08 Å². The van der Waals surface area contributed by atoms with E-state index in [4.69, 9.17) is 4.98 Å². The predicted octanol–water partition coefficient (Wildman–Crippen LogP) is 6.53. The molecule has 0 unspecified atom stereocenters. The largest absolute Gasteiger partial charge is 0.361 e. The summed E-state index contributed by atoms with van der Waals surface area (Å²) >= 11 is 0. The van der Waals surface area contributed by atoms with E-state index in [1.54, 1.807) is 12.1 Å². The van der Waals surface area contributed by atoms with Gasteiger partial charge in [-0.15, -0.1) is 0 Å². The molecule has 2 aliphatic rings. The molecule has 0 atom stereocenters. The van der Waals surface area contributed by atoms with E-state index in [-0.39, 0.29) is 30.1 Å². The first-order valence-corrected chi connectivity index (χ1v) is 13.7. The Labute approximate surface area is 242 Å². The van der Waals surface area contributed by atoms with E-state index in [0.717, 1.165) is 50.3 Å². The van der Waals surface area contributed by atoms with Crippen molar-refractivity contribution in [1.82, 2.24) is 24.9 Å². The van der Waals surface area contributed by atoms with Gasteiger partial charge >= 0.3 is 0 Å². The fourth-order valence-electron chi connectivity index (χ4n) is 5.00. The van der Waals surface area contributed by atoms with Crippen LogP contribution in [0.4, 0.5) is 0 Å². The van der Waals surface area contributed by atoms with Gasteiger partial charge in [0.2, 0.25) is 0 Å². The van der Waals surface area contributed by atoms with Crippen LogP contribution in [0.15, 0.2) is 85.1 Å². The molecule has 0 spiro atoms. The standard InChI is InChI=1S/C30H21N5O3S.Zn/c36-39(37,38)28-17-23-16-27-30(24-7-4-12-31-24)29(18-5-2-1-3-6-18)26(35-27)15-22-11-9-20(33-22)13-19-8-10-21(32-19)14-25(28)34-23;/h1-17,31-32,35H,(H,36,37,38);. The van der Waals surface area contributed by atoms with Crippen LogP contribution in [-0.2, 0) is 29.6 Å². The average Bonchev–Trinajstić information content (AvgIpc) is 3.72. The first-order valence-electron chi connectivity index (χ1n) is 12.2. The Morgan fingerprint density at radius 1 is 0.700 bits per heavy atom. The number of hydrogen-bond acceptors (Lipinski definition) is 4. The normalized spacial score (nSPS) is 12.7. The molecular formula is C30H21N5O3SZn. The van der Waals surface area contributed by atoms with E-state index in [0.29, 0.717) is 11.2 Å². The number of aromatic nitrogens is 5. The quantitative estimate of drug-likeness (QED) is 0.136. The van der Waals surface area contributed by atoms with Crippen molar-refractivity contribution < 1.29 is 32.4 Å². The number of rotatable bonds is 3. The maximum atomic E-state index is 12.3. The smallest absolute Gasteiger partial charge is 0.296 e. The number of H-pyrrole nitrogens is 3. The van der Waals surface area contributed by atoms with Gasteiger partial charge in [-0.25, -0.2) is 9.97 Å². The van der Waals surface area contributed by atoms with Gasteiger partial charge in [-0.1, -0.05) is 30.3 Å². The molecule has 5 aromatic rings. The number of nitrogens with one attached hydrogen (secondary N) is 3. The molecule has 0 radical (unpaired) electrons. The Morgan fingerprint density at radius 2 is 1.40 bits per heavy atom. The van der Waals surface area contributed by atoms with Crippen LogP contribution in [-0.4, -0.2) is 37.9 Å². The second-order valence-electron chi connectivity index (χ2n) is 9.30. The average molecular weight is 597 g/mol. The first kappa shape index (κ1) is 25.9. The van der Waals surface area contributed by atoms with Gasteiger partial charge in [-0.2, -0.15) is 8.42 Å². The van der Waals surface area contributed by atoms with Gasteiger partial charge in [-0.05, 0) is 72.3 Å². The second-order valence-corrected chi connectivity index (χ2v) is 10.7. The molecule has 192 valence electrons. The minimum absolute atomic E-state index is 0. The van der Waals surface area contributed by atoms with Crippen LogP contribution < -0.4 is 0 Å². The van der Waals surface area contributed by atoms with Crippen molar-refractivity contribution >= 4 is 55.3 Å². The van der Waals surface area contributed by atoms with Crippen LogP contribution in [0.3, 0.4) is 0 Å². The van der Waals surface area contributed by atoms with E-state index < -0.39 is 10.1 Å². The van der Waals surface area contributed by atoms with Gasteiger partial charge < -0.3 is 15.0 Å². The number of aromatic amines is 3. The van der Waals surface area contributed by atoms with Gasteiger partial charge in [0.05, 0.1) is 28.3 Å². The van der Waals surface area contributed by atoms with E-state index >= 15 is 0 Å². The molecule has 0 fully saturated rings. The van der Waals surface area contributed by atoms with Crippen molar-refractivity contribution in [2.24, 2.45) is 0 Å². The molecule has 8 bridgehead atoms. The third-order valence-corrected chi connectivity index (χ3v) is 7.52. The van der Waals surface area contributed by atoms with Gasteiger partial charge in [0.1, 0.15) is 4.91 Å². The summed E-state index contributed by atoms with van der Waals surface area (Å²) in [4.78, 5) is 19.2. The molecule has 0 saturated heterocycles. The van der Waals surface area contributed by atoms with Crippen molar-refractivity contribution in [3.05, 3.63) is 108 Å². The number of hydrogen-bond donors (Lipinski definition) is 4. The molecule has 8 nitrogen and oxygen atoms in total. The topological polar surface area (TPSA) is 128 Å². The zero-order chi connectivity index (χ0) is 26.6. The zero-order valence-electron chi connectivity index (χ0n) is 21.1. The molecule has 1 aromatic carbocycles. The fourth-order valence-corrected chi connectivity index (χ4v) is 5.64. The van der Waals surface area contributed by atoms with Crippen LogP contribution in [0.5, 0.6) is 0 Å². The Hall–Kier alpha value is -4.37. The van der Waals surface area contributed by atoms with Crippen LogP contribution in [0.1, 0.15) is 22.8 Å². The summed E-state index contributed by atoms with van der Waals surface area (Å²) < 4.78 is 34.5. The SMILES string of the molecule is O=S(=O)(O)C1=Cc2cc3[nH]c(cc4nc(cc5ccc(cc1n2)[nH]5)C=C4)c(-c1ccccc1)c3-c1ccc[nH]1.[Zn]. The zero-order valence-corrected chi connectivity index (χ0v) is 24.9. The molecule has 10 heteroatoms. The Morgan fingerprint density at radius 3 is 2.12 bits per heavy atom. The summed E-state index contributed by atoms with van der Waals surface area (Å²) in [5, 5.41) is 0. The molecule has 7 rings (SSSR count). The third kappa shape index (κ3) is 4.77. The summed E-state index contributed by atoms with van der Waals surface area (Å²) in [6.07, 6.45) is 7.15. The minimum Gasteiger partial charge on any atom is -0.361 e. The Kier molecular flexibility index (Phi) is 6.46. The summed E-state index contributed by atoms with van der Waals surface area (Å²) in [6.45, 7) is 0. The molecule has 4 N–H and O–H groups in total. The third-order valence-electron chi connectivity index (χ3n) is 6.64. The van der Waals surface area contributed by atoms with Crippen molar-refractivity contribution in [1.29, 1.82) is 0 Å². The Balaban J connectivity index is 0.00000289. The van der Waals surface area contributed by atoms with Gasteiger partial charge in [-0.3, -0.25) is 4.55 Å². The molecule has 4 aromatic heterocycles. The molecule has 0 aliphatic carbocycles. The predicted molar refractivity (Wildman–Crippen MR) is 155 cm³/mol. The van der Waals surface area contributed by atoms with Gasteiger partial charge in [0.25, 0.3) is 10.1 Å². The maximum absolute atomic E-state index is 12.3. The molecule has 0 saturated carbocycles. The van der Waals surface area contributed by atoms with Crippen LogP contribution in [0.25, 0.3) is 67.6 Å². The van der Waals surface area contributed by atoms with Crippen LogP contribution >= 0.6 is 0 Å². The van der Waals surface area contributed by atoms with Crippen LogP contribution in [0.2, 0.25) is 0 Å². The number of fused-ring (bicyclic) bond motifs is 8. The summed E-state index contributed by atoms with van der Waals surface area (Å²) in [5.41, 5.74) is 8.83. The molecule has 2 aliphatic heterocycles. The van der Waals surface area contributed by atoms with E-state index in [1.807, 2.05) is 85.1 Å². The monoisotopic (exact) mass is 595 g/mol. The summed E-state index contributed by atoms with van der Waals surface area (Å²) in [6, 6.07) is 24.9. The number of nitrogens with zero attached hydrogens (tertiary/aromatic N) is 2. The molecule has 0 amide bonds. The molecule has 40 heavy (non-hydrogen) atoms. The van der Waals surface area contributed by atoms with Gasteiger partial charge in [0, 0.05) is 59.0 Å². The minimum atomic E-state index is -4.52. The first-order chi connectivity index (χ1) is 18.9. The fraction of sp³-hybridized carbons (Fsp3) is 0. The van der Waals surface area contributed by atoms with E-state index in [9.17, 15) is 13.0 Å². The van der Waals surface area contributed by atoms with Gasteiger partial charge in [0.15, 0.2) is 0 Å². The summed E-state index contributed by atoms with van der Waals surface area (Å²) in [7, 11) is -4.52. The van der Waals surface area contributed by atoms with E-state index in [2.05, 4.69) is 19.9 Å². The van der Waals surface area contributed by atoms with Crippen molar-refractivity contribution in [3.63, 3.8) is 0 Å². The van der Waals surface area contributed by atoms with Crippen LogP contribution in [0, 0.1) is 0 Å². The maximum Gasteiger partial charge on any atom is 0.296 e. The molecule has 6 heterocycles. The summed E-state index contributed by atoms with van der Waals surface area (Å²) in [5.74, 6) is 0. The van der Waals surface area contributed by atoms with Crippen molar-refractivity contribution in [3.8, 4) is 22.4 Å². The Bertz CT molecular complexity index is 2090. The molecular weight excluding hydrogens is 576 g/mol. The number of benzene rings is 1. The van der Waals surface area contributed by atoms with Crippen molar-refractivity contribution in [2.75, 3.05) is 0 Å². The second kappa shape index (κ2) is 9.99.